The van der Waals surface area contributed by atoms with E-state index in [4.69, 9.17) is 14.2 Å². The highest BCUT2D eigenvalue weighted by atomic mass is 16.6. The zero-order valence-electron chi connectivity index (χ0n) is 45.6. The van der Waals surface area contributed by atoms with Crippen LogP contribution in [0.4, 0.5) is 0 Å². The van der Waals surface area contributed by atoms with Crippen LogP contribution in [0.3, 0.4) is 0 Å². The lowest BCUT2D eigenvalue weighted by molar-refractivity contribution is -0.166. The summed E-state index contributed by atoms with van der Waals surface area (Å²) in [7, 11) is 0. The Morgan fingerprint density at radius 2 is 0.565 bits per heavy atom. The Balaban J connectivity index is 4.46. The summed E-state index contributed by atoms with van der Waals surface area (Å²) in [5, 5.41) is 0. The van der Waals surface area contributed by atoms with Crippen molar-refractivity contribution in [1.82, 2.24) is 0 Å². The zero-order valence-corrected chi connectivity index (χ0v) is 45.6. The average Bonchev–Trinajstić information content (AvgIpc) is 3.35. The van der Waals surface area contributed by atoms with E-state index in [0.29, 0.717) is 19.3 Å². The van der Waals surface area contributed by atoms with Gasteiger partial charge >= 0.3 is 17.9 Å². The second-order valence-electron chi connectivity index (χ2n) is 19.5. The molecule has 69 heavy (non-hydrogen) atoms. The number of hydrogen-bond donors (Lipinski definition) is 0. The first-order valence-corrected chi connectivity index (χ1v) is 29.4. The molecule has 0 aliphatic rings. The first-order chi connectivity index (χ1) is 34.0. The molecule has 0 aliphatic carbocycles. The van der Waals surface area contributed by atoms with Crippen molar-refractivity contribution in [2.24, 2.45) is 0 Å². The van der Waals surface area contributed by atoms with Gasteiger partial charge in [0.1, 0.15) is 13.2 Å². The van der Waals surface area contributed by atoms with Crippen molar-refractivity contribution in [2.75, 3.05) is 13.2 Å². The Kier molecular flexibility index (Phi) is 54.8. The van der Waals surface area contributed by atoms with Gasteiger partial charge in [0.2, 0.25) is 0 Å². The van der Waals surface area contributed by atoms with E-state index >= 15 is 0 Å². The van der Waals surface area contributed by atoms with Crippen molar-refractivity contribution < 1.29 is 28.6 Å². The van der Waals surface area contributed by atoms with E-state index < -0.39 is 6.10 Å². The van der Waals surface area contributed by atoms with Crippen LogP contribution in [-0.2, 0) is 28.6 Å². The Labute approximate surface area is 427 Å². The Hall–Kier alpha value is -3.15. The number of esters is 3. The van der Waals surface area contributed by atoms with E-state index in [9.17, 15) is 14.4 Å². The summed E-state index contributed by atoms with van der Waals surface area (Å²) in [5.41, 5.74) is 0. The van der Waals surface area contributed by atoms with Gasteiger partial charge in [-0.3, -0.25) is 14.4 Å². The van der Waals surface area contributed by atoms with Crippen LogP contribution in [0.25, 0.3) is 0 Å². The molecule has 6 nitrogen and oxygen atoms in total. The summed E-state index contributed by atoms with van der Waals surface area (Å²) < 4.78 is 16.8. The highest BCUT2D eigenvalue weighted by Crippen LogP contribution is 2.17. The molecule has 0 aliphatic heterocycles. The van der Waals surface area contributed by atoms with Gasteiger partial charge in [-0.1, -0.05) is 286 Å². The standard InChI is InChI=1S/C63H110O6/c1-4-7-10-13-16-19-22-25-28-31-32-33-36-38-41-44-47-50-53-56-62(65)68-59-60(69-63(66)57-54-51-48-45-42-39-35-30-27-24-21-18-15-12-9-6-3)58-67-61(64)55-52-49-46-43-40-37-34-29-26-23-20-17-14-11-8-5-2/h7,10,16,19,25,28,32-33,38,41,47,50,60H,4-6,8-9,11-15,17-18,20-24,26-27,29-31,34-37,39-40,42-46,48-49,51-59H2,1-3H3/b10-7-,19-16-,28-25-,33-32-,41-38-,50-47-. The summed E-state index contributed by atoms with van der Waals surface area (Å²) in [6, 6.07) is 0. The molecule has 0 aromatic carbocycles. The number of rotatable bonds is 53. The zero-order chi connectivity index (χ0) is 50.0. The third kappa shape index (κ3) is 55.6. The number of carbonyl (C=O) groups excluding carboxylic acids is 3. The second kappa shape index (κ2) is 57.4. The van der Waals surface area contributed by atoms with Gasteiger partial charge in [0.25, 0.3) is 0 Å². The van der Waals surface area contributed by atoms with Gasteiger partial charge in [-0.25, -0.2) is 0 Å². The molecule has 0 radical (unpaired) electrons. The number of hydrogen-bond acceptors (Lipinski definition) is 6. The molecule has 0 saturated heterocycles. The quantitative estimate of drug-likeness (QED) is 0.0262. The van der Waals surface area contributed by atoms with Crippen LogP contribution in [-0.4, -0.2) is 37.2 Å². The lowest BCUT2D eigenvalue weighted by Crippen LogP contribution is -2.30. The molecule has 0 N–H and O–H groups in total. The van der Waals surface area contributed by atoms with Crippen LogP contribution in [0.2, 0.25) is 0 Å². The van der Waals surface area contributed by atoms with Gasteiger partial charge < -0.3 is 14.2 Å². The highest BCUT2D eigenvalue weighted by Gasteiger charge is 2.19. The molecule has 1 atom stereocenters. The van der Waals surface area contributed by atoms with E-state index in [1.807, 2.05) is 6.08 Å². The molecule has 0 fully saturated rings. The van der Waals surface area contributed by atoms with Crippen molar-refractivity contribution in [3.05, 3.63) is 72.9 Å². The van der Waals surface area contributed by atoms with Crippen LogP contribution in [0.5, 0.6) is 0 Å². The lowest BCUT2D eigenvalue weighted by atomic mass is 10.0. The Morgan fingerprint density at radius 1 is 0.304 bits per heavy atom. The van der Waals surface area contributed by atoms with Crippen LogP contribution >= 0.6 is 0 Å². The molecule has 0 bridgehead atoms. The van der Waals surface area contributed by atoms with Gasteiger partial charge in [-0.15, -0.1) is 0 Å². The second-order valence-corrected chi connectivity index (χ2v) is 19.5. The molecule has 1 unspecified atom stereocenters. The van der Waals surface area contributed by atoms with E-state index in [1.54, 1.807) is 0 Å². The number of unbranched alkanes of at least 4 members (excludes halogenated alkanes) is 30. The molecule has 0 rings (SSSR count). The summed E-state index contributed by atoms with van der Waals surface area (Å²) in [6.45, 7) is 6.50. The van der Waals surface area contributed by atoms with Crippen molar-refractivity contribution in [1.29, 1.82) is 0 Å². The minimum atomic E-state index is -0.803. The molecule has 398 valence electrons. The van der Waals surface area contributed by atoms with Crippen LogP contribution in [0, 0.1) is 0 Å². The van der Waals surface area contributed by atoms with Crippen molar-refractivity contribution in [2.45, 2.75) is 297 Å². The number of carbonyl (C=O) groups is 3. The molecule has 0 aromatic rings. The third-order valence-corrected chi connectivity index (χ3v) is 12.7. The molecule has 0 heterocycles. The first-order valence-electron chi connectivity index (χ1n) is 29.4. The third-order valence-electron chi connectivity index (χ3n) is 12.7. The normalized spacial score (nSPS) is 12.6. The fourth-order valence-corrected chi connectivity index (χ4v) is 8.35. The van der Waals surface area contributed by atoms with E-state index in [1.165, 1.54) is 167 Å². The summed E-state index contributed by atoms with van der Waals surface area (Å²) in [5.74, 6) is -0.968. The largest absolute Gasteiger partial charge is 0.462 e. The SMILES string of the molecule is CC/C=C\C/C=C\C/C=C\C/C=C\C/C=C\C/C=C\CCC(=O)OCC(COC(=O)CCCCCCCCCCCCCCCCCC)OC(=O)CCCCCCCCCCCCCCCCCC. The fourth-order valence-electron chi connectivity index (χ4n) is 8.35. The fraction of sp³-hybridized carbons (Fsp3) is 0.762. The average molecular weight is 964 g/mol. The van der Waals surface area contributed by atoms with E-state index in [0.717, 1.165) is 77.0 Å². The molecular formula is C63H110O6. The molecule has 0 spiro atoms. The maximum Gasteiger partial charge on any atom is 0.306 e. The van der Waals surface area contributed by atoms with Crippen LogP contribution < -0.4 is 0 Å². The van der Waals surface area contributed by atoms with E-state index in [-0.39, 0.29) is 37.5 Å². The summed E-state index contributed by atoms with van der Waals surface area (Å²) in [4.78, 5) is 38.2. The summed E-state index contributed by atoms with van der Waals surface area (Å²) in [6.07, 6.45) is 73.3. The predicted molar refractivity (Wildman–Crippen MR) is 298 cm³/mol. The van der Waals surface area contributed by atoms with Gasteiger partial charge in [0, 0.05) is 19.3 Å². The molecular weight excluding hydrogens is 853 g/mol. The minimum absolute atomic E-state index is 0.0944. The molecule has 0 aromatic heterocycles. The number of ether oxygens (including phenoxy) is 3. The Bertz CT molecular complexity index is 1290. The van der Waals surface area contributed by atoms with Gasteiger partial charge in [0.05, 0.1) is 0 Å². The smallest absolute Gasteiger partial charge is 0.306 e. The van der Waals surface area contributed by atoms with Crippen molar-refractivity contribution in [3.8, 4) is 0 Å². The van der Waals surface area contributed by atoms with Gasteiger partial charge in [-0.05, 0) is 57.8 Å². The minimum Gasteiger partial charge on any atom is -0.462 e. The van der Waals surface area contributed by atoms with Gasteiger partial charge in [-0.2, -0.15) is 0 Å². The first kappa shape index (κ1) is 65.8. The molecule has 0 saturated carbocycles. The predicted octanol–water partition coefficient (Wildman–Crippen LogP) is 19.8. The number of allylic oxidation sites excluding steroid dienone is 12. The van der Waals surface area contributed by atoms with Gasteiger partial charge in [0.15, 0.2) is 6.10 Å². The summed E-state index contributed by atoms with van der Waals surface area (Å²) >= 11 is 0. The Morgan fingerprint density at radius 3 is 0.884 bits per heavy atom. The van der Waals surface area contributed by atoms with Crippen molar-refractivity contribution in [3.63, 3.8) is 0 Å². The highest BCUT2D eigenvalue weighted by molar-refractivity contribution is 5.71. The van der Waals surface area contributed by atoms with Crippen molar-refractivity contribution >= 4 is 17.9 Å². The van der Waals surface area contributed by atoms with Crippen LogP contribution in [0.1, 0.15) is 290 Å². The monoisotopic (exact) mass is 963 g/mol. The van der Waals surface area contributed by atoms with E-state index in [2.05, 4.69) is 87.6 Å². The maximum atomic E-state index is 12.9. The topological polar surface area (TPSA) is 78.9 Å². The maximum absolute atomic E-state index is 12.9. The van der Waals surface area contributed by atoms with Crippen LogP contribution in [0.15, 0.2) is 72.9 Å². The molecule has 6 heteroatoms. The lowest BCUT2D eigenvalue weighted by Gasteiger charge is -2.18. The molecule has 0 amide bonds.